The summed E-state index contributed by atoms with van der Waals surface area (Å²) in [7, 11) is 1.60. The summed E-state index contributed by atoms with van der Waals surface area (Å²) in [4.78, 5) is 5.28. The van der Waals surface area contributed by atoms with E-state index in [1.54, 1.807) is 30.6 Å². The Kier molecular flexibility index (Phi) is 3.69. The molecule has 0 aliphatic heterocycles. The summed E-state index contributed by atoms with van der Waals surface area (Å²) in [6.45, 7) is 0.535. The Morgan fingerprint density at radius 1 is 1.52 bits per heavy atom. The van der Waals surface area contributed by atoms with Gasteiger partial charge in [-0.15, -0.1) is 11.3 Å². The minimum atomic E-state index is 0.447. The summed E-state index contributed by atoms with van der Waals surface area (Å²) in [6, 6.07) is 7.33. The zero-order valence-electron chi connectivity index (χ0n) is 11.1. The van der Waals surface area contributed by atoms with E-state index in [-0.39, 0.29) is 0 Å². The van der Waals surface area contributed by atoms with Crippen LogP contribution in [0.15, 0.2) is 29.8 Å². The quantitative estimate of drug-likeness (QED) is 0.799. The van der Waals surface area contributed by atoms with Gasteiger partial charge in [-0.2, -0.15) is 10.2 Å². The predicted molar refractivity (Wildman–Crippen MR) is 83.1 cm³/mol. The van der Waals surface area contributed by atoms with Crippen LogP contribution >= 0.6 is 22.9 Å². The van der Waals surface area contributed by atoms with Crippen LogP contribution < -0.4 is 10.1 Å². The number of methoxy groups -OCH3 is 1. The average Bonchev–Trinajstić information content (AvgIpc) is 3.07. The van der Waals surface area contributed by atoms with Crippen LogP contribution in [0.5, 0.6) is 5.88 Å². The first kappa shape index (κ1) is 13.7. The Bertz CT molecular complexity index is 833. The molecule has 1 aromatic carbocycles. The lowest BCUT2D eigenvalue weighted by Crippen LogP contribution is -2.04. The summed E-state index contributed by atoms with van der Waals surface area (Å²) in [5.41, 5.74) is 2.20. The first-order valence-electron chi connectivity index (χ1n) is 6.15. The number of halogens is 1. The number of imidazole rings is 1. The van der Waals surface area contributed by atoms with Crippen molar-refractivity contribution in [3.63, 3.8) is 0 Å². The van der Waals surface area contributed by atoms with Gasteiger partial charge >= 0.3 is 0 Å². The van der Waals surface area contributed by atoms with Crippen molar-refractivity contribution in [3.05, 3.63) is 46.1 Å². The second-order valence-corrected chi connectivity index (χ2v) is 5.56. The van der Waals surface area contributed by atoms with E-state index in [2.05, 4.69) is 16.4 Å². The Balaban J connectivity index is 1.86. The molecule has 0 amide bonds. The van der Waals surface area contributed by atoms with Crippen molar-refractivity contribution < 1.29 is 4.74 Å². The van der Waals surface area contributed by atoms with Crippen LogP contribution in [0.25, 0.3) is 4.96 Å². The maximum atomic E-state index is 9.00. The van der Waals surface area contributed by atoms with Crippen LogP contribution in [0.3, 0.4) is 0 Å². The van der Waals surface area contributed by atoms with Gasteiger partial charge in [0.05, 0.1) is 24.2 Å². The molecule has 0 radical (unpaired) electrons. The molecule has 0 bridgehead atoms. The molecular formula is C14H11ClN4OS. The number of nitrogens with zero attached hydrogens (tertiary/aromatic N) is 3. The van der Waals surface area contributed by atoms with Gasteiger partial charge in [0, 0.05) is 17.3 Å². The highest BCUT2D eigenvalue weighted by atomic mass is 35.5. The molecule has 3 aromatic rings. The molecule has 3 rings (SSSR count). The Labute approximate surface area is 130 Å². The van der Waals surface area contributed by atoms with Gasteiger partial charge in [0.1, 0.15) is 11.8 Å². The van der Waals surface area contributed by atoms with Gasteiger partial charge in [-0.3, -0.25) is 4.40 Å². The summed E-state index contributed by atoms with van der Waals surface area (Å²) < 4.78 is 7.29. The second kappa shape index (κ2) is 5.64. The Morgan fingerprint density at radius 2 is 2.38 bits per heavy atom. The van der Waals surface area contributed by atoms with Gasteiger partial charge < -0.3 is 10.1 Å². The van der Waals surface area contributed by atoms with E-state index in [9.17, 15) is 0 Å². The fraction of sp³-hybridized carbons (Fsp3) is 0.143. The van der Waals surface area contributed by atoms with Gasteiger partial charge in [-0.05, 0) is 18.2 Å². The van der Waals surface area contributed by atoms with Gasteiger partial charge in [-0.1, -0.05) is 11.6 Å². The summed E-state index contributed by atoms with van der Waals surface area (Å²) in [6.07, 6.45) is 1.95. The second-order valence-electron chi connectivity index (χ2n) is 4.28. The Hall–Kier alpha value is -2.23. The number of nitriles is 1. The molecule has 7 heteroatoms. The zero-order chi connectivity index (χ0) is 14.8. The molecule has 0 saturated carbocycles. The molecule has 0 spiro atoms. The summed E-state index contributed by atoms with van der Waals surface area (Å²) in [5, 5.41) is 14.7. The molecule has 2 heterocycles. The van der Waals surface area contributed by atoms with Crippen molar-refractivity contribution in [2.45, 2.75) is 6.54 Å². The van der Waals surface area contributed by atoms with Crippen LogP contribution in [-0.2, 0) is 6.54 Å². The maximum Gasteiger partial charge on any atom is 0.238 e. The topological polar surface area (TPSA) is 62.4 Å². The van der Waals surface area contributed by atoms with Crippen LogP contribution in [0, 0.1) is 11.3 Å². The highest BCUT2D eigenvalue weighted by Gasteiger charge is 2.13. The summed E-state index contributed by atoms with van der Waals surface area (Å²) in [5.74, 6) is 0.601. The number of nitrogens with one attached hydrogen (secondary N) is 1. The molecule has 21 heavy (non-hydrogen) atoms. The van der Waals surface area contributed by atoms with Crippen molar-refractivity contribution in [2.75, 3.05) is 12.4 Å². The van der Waals surface area contributed by atoms with E-state index < -0.39 is 0 Å². The van der Waals surface area contributed by atoms with Crippen molar-refractivity contribution in [2.24, 2.45) is 0 Å². The van der Waals surface area contributed by atoms with E-state index in [0.717, 1.165) is 16.3 Å². The number of anilines is 1. The predicted octanol–water partition coefficient (Wildman–Crippen LogP) is 3.54. The highest BCUT2D eigenvalue weighted by molar-refractivity contribution is 7.15. The van der Waals surface area contributed by atoms with Crippen molar-refractivity contribution in [1.82, 2.24) is 9.38 Å². The number of benzene rings is 1. The minimum Gasteiger partial charge on any atom is -0.480 e. The Morgan fingerprint density at radius 3 is 3.14 bits per heavy atom. The van der Waals surface area contributed by atoms with Crippen LogP contribution in [0.2, 0.25) is 5.02 Å². The minimum absolute atomic E-state index is 0.447. The maximum absolute atomic E-state index is 9.00. The number of aromatic nitrogens is 2. The number of ether oxygens (including phenoxy) is 1. The molecule has 0 saturated heterocycles. The average molecular weight is 319 g/mol. The smallest absolute Gasteiger partial charge is 0.238 e. The molecule has 1 N–H and O–H groups in total. The monoisotopic (exact) mass is 318 g/mol. The van der Waals surface area contributed by atoms with Crippen LogP contribution in [-0.4, -0.2) is 16.5 Å². The number of fused-ring (bicyclic) bond motifs is 1. The lowest BCUT2D eigenvalue weighted by molar-refractivity contribution is 0.395. The first-order chi connectivity index (χ1) is 10.2. The largest absolute Gasteiger partial charge is 0.480 e. The molecule has 0 atom stereocenters. The number of hydrogen-bond donors (Lipinski definition) is 1. The number of rotatable bonds is 4. The SMILES string of the molecule is COc1nc2sccn2c1CNc1ccc(Cl)c(C#N)c1. The van der Waals surface area contributed by atoms with Crippen molar-refractivity contribution in [1.29, 1.82) is 5.26 Å². The summed E-state index contributed by atoms with van der Waals surface area (Å²) >= 11 is 7.48. The molecule has 5 nitrogen and oxygen atoms in total. The van der Waals surface area contributed by atoms with Crippen LogP contribution in [0.4, 0.5) is 5.69 Å². The zero-order valence-corrected chi connectivity index (χ0v) is 12.7. The first-order valence-corrected chi connectivity index (χ1v) is 7.40. The van der Waals surface area contributed by atoms with E-state index in [1.165, 1.54) is 0 Å². The molecule has 0 aliphatic carbocycles. The van der Waals surface area contributed by atoms with E-state index in [4.69, 9.17) is 21.6 Å². The van der Waals surface area contributed by atoms with E-state index in [1.807, 2.05) is 22.0 Å². The number of hydrogen-bond acceptors (Lipinski definition) is 5. The fourth-order valence-electron chi connectivity index (χ4n) is 2.04. The van der Waals surface area contributed by atoms with Gasteiger partial charge in [0.25, 0.3) is 0 Å². The van der Waals surface area contributed by atoms with E-state index in [0.29, 0.717) is 23.0 Å². The third-order valence-electron chi connectivity index (χ3n) is 3.06. The third kappa shape index (κ3) is 2.53. The fourth-order valence-corrected chi connectivity index (χ4v) is 2.93. The lowest BCUT2D eigenvalue weighted by Gasteiger charge is -2.08. The van der Waals surface area contributed by atoms with E-state index >= 15 is 0 Å². The molecule has 0 fully saturated rings. The molecule has 2 aromatic heterocycles. The normalized spacial score (nSPS) is 10.5. The molecule has 0 unspecified atom stereocenters. The highest BCUT2D eigenvalue weighted by Crippen LogP contribution is 2.25. The van der Waals surface area contributed by atoms with Gasteiger partial charge in [0.15, 0.2) is 4.96 Å². The molecular weight excluding hydrogens is 308 g/mol. The van der Waals surface area contributed by atoms with Gasteiger partial charge in [0.2, 0.25) is 5.88 Å². The van der Waals surface area contributed by atoms with Crippen molar-refractivity contribution >= 4 is 33.6 Å². The molecule has 0 aliphatic rings. The lowest BCUT2D eigenvalue weighted by atomic mass is 10.2. The van der Waals surface area contributed by atoms with Crippen molar-refractivity contribution in [3.8, 4) is 11.9 Å². The van der Waals surface area contributed by atoms with Crippen LogP contribution in [0.1, 0.15) is 11.3 Å². The molecule has 106 valence electrons. The third-order valence-corrected chi connectivity index (χ3v) is 4.15. The number of thiazole rings is 1. The van der Waals surface area contributed by atoms with Gasteiger partial charge in [-0.25, -0.2) is 0 Å². The standard InChI is InChI=1S/C14H11ClN4OS/c1-20-13-12(19-4-5-21-14(19)18-13)8-17-10-2-3-11(15)9(6-10)7-16/h2-6,17H,8H2,1H3.